The Morgan fingerprint density at radius 3 is 2.57 bits per heavy atom. The molecule has 1 saturated heterocycles. The van der Waals surface area contributed by atoms with Crippen LogP contribution in [0.1, 0.15) is 57.7 Å². The first-order valence-corrected chi connectivity index (χ1v) is 10.3. The lowest BCUT2D eigenvalue weighted by Crippen LogP contribution is -2.60. The van der Waals surface area contributed by atoms with E-state index in [9.17, 15) is 4.39 Å². The summed E-state index contributed by atoms with van der Waals surface area (Å²) < 4.78 is 28.3. The van der Waals surface area contributed by atoms with E-state index in [1.807, 2.05) is 10.9 Å². The molecule has 148 valence electrons. The van der Waals surface area contributed by atoms with Gasteiger partial charge in [0.25, 0.3) is 0 Å². The van der Waals surface area contributed by atoms with Gasteiger partial charge in [-0.2, -0.15) is 5.10 Å². The van der Waals surface area contributed by atoms with Crippen molar-refractivity contribution in [2.24, 2.45) is 5.41 Å². The largest absolute Gasteiger partial charge is 0.346 e. The number of hydrogen-bond acceptors (Lipinski definition) is 3. The highest BCUT2D eigenvalue weighted by molar-refractivity contribution is 5.61. The first-order chi connectivity index (χ1) is 13.4. The summed E-state index contributed by atoms with van der Waals surface area (Å²) in [6.45, 7) is 6.60. The maximum atomic E-state index is 13.3. The fourth-order valence-electron chi connectivity index (χ4n) is 5.42. The van der Waals surface area contributed by atoms with E-state index in [4.69, 9.17) is 9.47 Å². The lowest BCUT2D eigenvalue weighted by molar-refractivity contribution is -0.358. The molecule has 28 heavy (non-hydrogen) atoms. The molecule has 3 atom stereocenters. The third kappa shape index (κ3) is 2.60. The maximum absolute atomic E-state index is 13.3. The molecule has 3 aliphatic rings. The summed E-state index contributed by atoms with van der Waals surface area (Å²) in [5.74, 6) is -0.802. The molecule has 0 radical (unpaired) electrons. The van der Waals surface area contributed by atoms with Gasteiger partial charge in [0, 0.05) is 11.8 Å². The third-order valence-corrected chi connectivity index (χ3v) is 6.76. The molecule has 1 saturated carbocycles. The van der Waals surface area contributed by atoms with Gasteiger partial charge in [0.15, 0.2) is 5.79 Å². The van der Waals surface area contributed by atoms with Gasteiger partial charge in [0.1, 0.15) is 5.82 Å². The predicted octanol–water partition coefficient (Wildman–Crippen LogP) is 5.05. The molecular weight excluding hydrogens is 355 g/mol. The van der Waals surface area contributed by atoms with Crippen LogP contribution >= 0.6 is 0 Å². The summed E-state index contributed by atoms with van der Waals surface area (Å²) in [5, 5.41) is 4.62. The molecule has 1 aromatic heterocycles. The highest BCUT2D eigenvalue weighted by Crippen LogP contribution is 2.57. The number of benzene rings is 1. The van der Waals surface area contributed by atoms with Crippen LogP contribution in [-0.4, -0.2) is 27.8 Å². The molecule has 2 aliphatic carbocycles. The van der Waals surface area contributed by atoms with Gasteiger partial charge in [-0.15, -0.1) is 0 Å². The predicted molar refractivity (Wildman–Crippen MR) is 106 cm³/mol. The smallest absolute Gasteiger partial charge is 0.178 e. The first-order valence-electron chi connectivity index (χ1n) is 10.3. The molecule has 2 aromatic rings. The van der Waals surface area contributed by atoms with Crippen molar-refractivity contribution in [2.75, 3.05) is 0 Å². The average molecular weight is 382 g/mol. The van der Waals surface area contributed by atoms with Gasteiger partial charge in [-0.3, -0.25) is 0 Å². The SMILES string of the molecule is C[C@H]1C[C@H](C)OC2(CCCC3=Cc4c(cnn4-c4ccc(F)cc4)CC32C)O1. The van der Waals surface area contributed by atoms with E-state index in [0.717, 1.165) is 43.5 Å². The van der Waals surface area contributed by atoms with E-state index < -0.39 is 5.79 Å². The molecule has 4 nitrogen and oxygen atoms in total. The van der Waals surface area contributed by atoms with Crippen molar-refractivity contribution < 1.29 is 13.9 Å². The number of nitrogens with zero attached hydrogens (tertiary/aromatic N) is 2. The standard InChI is InChI=1S/C23H27FN2O2/c1-15-11-16(2)28-23(27-15)10-4-5-18-12-21-17(13-22(18,23)3)14-25-26(21)20-8-6-19(24)7-9-20/h6-9,12,14-16H,4-5,10-11,13H2,1-3H3/t15-,16-,22?/m0/s1. The van der Waals surface area contributed by atoms with Crippen molar-refractivity contribution in [3.8, 4) is 5.69 Å². The summed E-state index contributed by atoms with van der Waals surface area (Å²) in [6, 6.07) is 6.50. The van der Waals surface area contributed by atoms with Gasteiger partial charge in [-0.25, -0.2) is 9.07 Å². The number of halogens is 1. The Morgan fingerprint density at radius 1 is 1.14 bits per heavy atom. The Balaban J connectivity index is 1.58. The van der Waals surface area contributed by atoms with Gasteiger partial charge in [-0.05, 0) is 75.4 Å². The van der Waals surface area contributed by atoms with Crippen LogP contribution in [0.5, 0.6) is 0 Å². The number of rotatable bonds is 1. The summed E-state index contributed by atoms with van der Waals surface area (Å²) >= 11 is 0. The fraction of sp³-hybridized carbons (Fsp3) is 0.522. The molecule has 5 heteroatoms. The van der Waals surface area contributed by atoms with Crippen LogP contribution in [0.4, 0.5) is 4.39 Å². The molecule has 1 aromatic carbocycles. The summed E-state index contributed by atoms with van der Waals surface area (Å²) in [6.07, 6.45) is 9.41. The molecule has 0 N–H and O–H groups in total. The third-order valence-electron chi connectivity index (χ3n) is 6.76. The normalized spacial score (nSPS) is 34.6. The van der Waals surface area contributed by atoms with Crippen molar-refractivity contribution >= 4 is 6.08 Å². The number of aromatic nitrogens is 2. The van der Waals surface area contributed by atoms with E-state index in [1.54, 1.807) is 12.1 Å². The molecular formula is C23H27FN2O2. The van der Waals surface area contributed by atoms with E-state index in [0.29, 0.717) is 0 Å². The molecule has 5 rings (SSSR count). The van der Waals surface area contributed by atoms with Crippen LogP contribution in [0, 0.1) is 11.2 Å². The minimum absolute atomic E-state index is 0.197. The van der Waals surface area contributed by atoms with Crippen LogP contribution in [0.25, 0.3) is 11.8 Å². The second-order valence-electron chi connectivity index (χ2n) is 8.82. The second kappa shape index (κ2) is 6.26. The van der Waals surface area contributed by atoms with Crippen molar-refractivity contribution in [3.63, 3.8) is 0 Å². The van der Waals surface area contributed by atoms with Crippen LogP contribution in [0.3, 0.4) is 0 Å². The van der Waals surface area contributed by atoms with Crippen molar-refractivity contribution in [1.29, 1.82) is 0 Å². The van der Waals surface area contributed by atoms with Crippen LogP contribution in [-0.2, 0) is 15.9 Å². The van der Waals surface area contributed by atoms with Crippen LogP contribution in [0.15, 0.2) is 36.0 Å². The minimum atomic E-state index is -0.566. The molecule has 2 heterocycles. The molecule has 0 amide bonds. The van der Waals surface area contributed by atoms with Crippen LogP contribution < -0.4 is 0 Å². The molecule has 1 unspecified atom stereocenters. The topological polar surface area (TPSA) is 36.3 Å². The number of ether oxygens (including phenoxy) is 2. The molecule has 1 spiro atoms. The zero-order chi connectivity index (χ0) is 19.5. The van der Waals surface area contributed by atoms with E-state index in [2.05, 4.69) is 31.9 Å². The van der Waals surface area contributed by atoms with Crippen molar-refractivity contribution in [2.45, 2.75) is 70.9 Å². The van der Waals surface area contributed by atoms with Gasteiger partial charge >= 0.3 is 0 Å². The Hall–Kier alpha value is -1.98. The lowest BCUT2D eigenvalue weighted by Gasteiger charge is -2.57. The Kier molecular flexibility index (Phi) is 4.04. The first kappa shape index (κ1) is 18.1. The average Bonchev–Trinajstić information content (AvgIpc) is 3.03. The quantitative estimate of drug-likeness (QED) is 0.692. The van der Waals surface area contributed by atoms with Gasteiger partial charge in [0.05, 0.1) is 29.8 Å². The molecule has 1 aliphatic heterocycles. The van der Waals surface area contributed by atoms with Crippen molar-refractivity contribution in [1.82, 2.24) is 9.78 Å². The maximum Gasteiger partial charge on any atom is 0.178 e. The van der Waals surface area contributed by atoms with E-state index in [1.165, 1.54) is 23.3 Å². The highest BCUT2D eigenvalue weighted by atomic mass is 19.1. The Morgan fingerprint density at radius 2 is 1.86 bits per heavy atom. The number of hydrogen-bond donors (Lipinski definition) is 0. The molecule has 0 bridgehead atoms. The summed E-state index contributed by atoms with van der Waals surface area (Å²) in [5.41, 5.74) is 4.33. The van der Waals surface area contributed by atoms with E-state index >= 15 is 0 Å². The second-order valence-corrected chi connectivity index (χ2v) is 8.82. The Labute approximate surface area is 165 Å². The van der Waals surface area contributed by atoms with Gasteiger partial charge < -0.3 is 9.47 Å². The van der Waals surface area contributed by atoms with Gasteiger partial charge in [-0.1, -0.05) is 12.5 Å². The highest BCUT2D eigenvalue weighted by Gasteiger charge is 2.58. The summed E-state index contributed by atoms with van der Waals surface area (Å²) in [7, 11) is 0. The van der Waals surface area contributed by atoms with Crippen LogP contribution in [0.2, 0.25) is 0 Å². The minimum Gasteiger partial charge on any atom is -0.346 e. The van der Waals surface area contributed by atoms with Crippen molar-refractivity contribution in [3.05, 3.63) is 53.1 Å². The zero-order valence-corrected chi connectivity index (χ0v) is 16.7. The molecule has 2 fully saturated rings. The monoisotopic (exact) mass is 382 g/mol. The van der Waals surface area contributed by atoms with E-state index in [-0.39, 0.29) is 23.4 Å². The van der Waals surface area contributed by atoms with Gasteiger partial charge in [0.2, 0.25) is 0 Å². The lowest BCUT2D eigenvalue weighted by atomic mass is 9.61. The fourth-order valence-corrected chi connectivity index (χ4v) is 5.42. The Bertz CT molecular complexity index is 923. The zero-order valence-electron chi connectivity index (χ0n) is 16.7. The number of fused-ring (bicyclic) bond motifs is 3. The summed E-state index contributed by atoms with van der Waals surface area (Å²) in [4.78, 5) is 0.